The molecule has 2 amide bonds. The molecule has 0 unspecified atom stereocenters. The molecule has 0 radical (unpaired) electrons. The molecule has 0 aliphatic carbocycles. The number of H-pyrrole nitrogens is 1. The van der Waals surface area contributed by atoms with Crippen molar-refractivity contribution < 1.29 is 30.0 Å². The van der Waals surface area contributed by atoms with E-state index in [1.807, 2.05) is 0 Å². The van der Waals surface area contributed by atoms with Gasteiger partial charge in [0.25, 0.3) is 5.91 Å². The van der Waals surface area contributed by atoms with Gasteiger partial charge in [-0.2, -0.15) is 0 Å². The molecular formula is C27H25N3O7. The largest absolute Gasteiger partial charge is 0.508 e. The van der Waals surface area contributed by atoms with Gasteiger partial charge in [0.05, 0.1) is 5.52 Å². The van der Waals surface area contributed by atoms with Crippen LogP contribution in [0.2, 0.25) is 0 Å². The van der Waals surface area contributed by atoms with E-state index in [1.54, 1.807) is 18.2 Å². The van der Waals surface area contributed by atoms with Gasteiger partial charge in [-0.25, -0.2) is 0 Å². The number of para-hydroxylation sites is 1. The number of rotatable bonds is 8. The van der Waals surface area contributed by atoms with E-state index in [0.717, 1.165) is 6.07 Å². The van der Waals surface area contributed by atoms with Crippen molar-refractivity contribution in [2.24, 2.45) is 0 Å². The molecular weight excluding hydrogens is 478 g/mol. The maximum atomic E-state index is 13.0. The summed E-state index contributed by atoms with van der Waals surface area (Å²) in [5, 5.41) is 44.3. The summed E-state index contributed by atoms with van der Waals surface area (Å²) in [6.07, 6.45) is 0.456. The summed E-state index contributed by atoms with van der Waals surface area (Å²) in [4.78, 5) is 41.3. The van der Waals surface area contributed by atoms with Gasteiger partial charge >= 0.3 is 0 Å². The second-order valence-corrected chi connectivity index (χ2v) is 8.51. The Morgan fingerprint density at radius 3 is 2.30 bits per heavy atom. The molecule has 1 heterocycles. The summed E-state index contributed by atoms with van der Waals surface area (Å²) in [5.41, 5.74) is 0.875. The minimum Gasteiger partial charge on any atom is -0.508 e. The molecule has 4 rings (SSSR count). The number of carbonyl (C=O) groups is 2. The van der Waals surface area contributed by atoms with Gasteiger partial charge in [0.15, 0.2) is 16.9 Å². The molecule has 1 atom stereocenters. The number of nitrogens with one attached hydrogen (secondary N) is 3. The topological polar surface area (TPSA) is 172 Å². The quantitative estimate of drug-likeness (QED) is 0.180. The molecule has 0 fully saturated rings. The standard InChI is InChI=1S/C27H25N3O7/c31-17-7-4-15(5-8-17)12-19(26(36)28-11-10-16-6-9-21(32)24(35)13-16)30-27(37)20-14-23(34)18-2-1-3-22(33)25(18)29-20/h1-9,13-14,19,31-33,35H,10-12H2,(H,28,36)(H,29,34)(H,30,37)/t19-/m0/s1. The zero-order valence-electron chi connectivity index (χ0n) is 19.6. The van der Waals surface area contributed by atoms with Crippen LogP contribution in [0.1, 0.15) is 21.6 Å². The normalized spacial score (nSPS) is 11.7. The van der Waals surface area contributed by atoms with Crippen molar-refractivity contribution in [1.29, 1.82) is 0 Å². The predicted octanol–water partition coefficient (Wildman–Crippen LogP) is 2.05. The van der Waals surface area contributed by atoms with E-state index in [4.69, 9.17) is 0 Å². The maximum absolute atomic E-state index is 13.0. The molecule has 0 saturated carbocycles. The molecule has 7 N–H and O–H groups in total. The smallest absolute Gasteiger partial charge is 0.268 e. The highest BCUT2D eigenvalue weighted by Gasteiger charge is 2.23. The Balaban J connectivity index is 1.52. The van der Waals surface area contributed by atoms with E-state index in [2.05, 4.69) is 15.6 Å². The van der Waals surface area contributed by atoms with Gasteiger partial charge in [0.1, 0.15) is 23.2 Å². The number of hydrogen-bond acceptors (Lipinski definition) is 7. The van der Waals surface area contributed by atoms with Gasteiger partial charge in [-0.05, 0) is 53.9 Å². The van der Waals surface area contributed by atoms with E-state index in [-0.39, 0.29) is 52.6 Å². The van der Waals surface area contributed by atoms with E-state index in [1.165, 1.54) is 42.5 Å². The third kappa shape index (κ3) is 5.99. The Kier molecular flexibility index (Phi) is 7.28. The summed E-state index contributed by atoms with van der Waals surface area (Å²) in [6.45, 7) is 0.186. The number of benzene rings is 3. The Hall–Kier alpha value is -4.99. The van der Waals surface area contributed by atoms with Crippen LogP contribution in [0.3, 0.4) is 0 Å². The highest BCUT2D eigenvalue weighted by atomic mass is 16.3. The van der Waals surface area contributed by atoms with E-state index in [0.29, 0.717) is 17.5 Å². The molecule has 190 valence electrons. The zero-order valence-corrected chi connectivity index (χ0v) is 19.6. The van der Waals surface area contributed by atoms with Crippen LogP contribution in [0.15, 0.2) is 71.5 Å². The van der Waals surface area contributed by atoms with Crippen molar-refractivity contribution in [3.05, 3.63) is 93.8 Å². The third-order valence-electron chi connectivity index (χ3n) is 5.84. The van der Waals surface area contributed by atoms with Crippen LogP contribution in [0.5, 0.6) is 23.0 Å². The minimum absolute atomic E-state index is 0.0551. The highest BCUT2D eigenvalue weighted by molar-refractivity contribution is 5.98. The first-order chi connectivity index (χ1) is 17.7. The van der Waals surface area contributed by atoms with Crippen molar-refractivity contribution in [2.75, 3.05) is 6.54 Å². The first kappa shape index (κ1) is 25.1. The van der Waals surface area contributed by atoms with Gasteiger partial charge in [-0.3, -0.25) is 14.4 Å². The molecule has 10 heteroatoms. The molecule has 0 aliphatic heterocycles. The number of aromatic amines is 1. The third-order valence-corrected chi connectivity index (χ3v) is 5.84. The molecule has 0 saturated heterocycles. The fourth-order valence-corrected chi connectivity index (χ4v) is 3.87. The monoisotopic (exact) mass is 503 g/mol. The number of amides is 2. The van der Waals surface area contributed by atoms with Gasteiger partial charge in [-0.15, -0.1) is 0 Å². The minimum atomic E-state index is -1.03. The lowest BCUT2D eigenvalue weighted by molar-refractivity contribution is -0.122. The van der Waals surface area contributed by atoms with Crippen LogP contribution in [-0.4, -0.2) is 49.8 Å². The van der Waals surface area contributed by atoms with E-state index < -0.39 is 23.3 Å². The van der Waals surface area contributed by atoms with Crippen LogP contribution in [-0.2, 0) is 17.6 Å². The number of phenolic OH excluding ortho intramolecular Hbond substituents is 4. The van der Waals surface area contributed by atoms with Crippen molar-refractivity contribution in [3.63, 3.8) is 0 Å². The van der Waals surface area contributed by atoms with Gasteiger partial charge in [0.2, 0.25) is 5.91 Å². The second-order valence-electron chi connectivity index (χ2n) is 8.51. The average molecular weight is 504 g/mol. The Morgan fingerprint density at radius 1 is 0.838 bits per heavy atom. The van der Waals surface area contributed by atoms with Crippen LogP contribution in [0.25, 0.3) is 10.9 Å². The van der Waals surface area contributed by atoms with Crippen molar-refractivity contribution >= 4 is 22.7 Å². The number of aromatic hydroxyl groups is 4. The van der Waals surface area contributed by atoms with Crippen molar-refractivity contribution in [3.8, 4) is 23.0 Å². The van der Waals surface area contributed by atoms with Gasteiger partial charge < -0.3 is 36.0 Å². The average Bonchev–Trinajstić information content (AvgIpc) is 2.87. The second kappa shape index (κ2) is 10.7. The Bertz CT molecular complexity index is 1510. The molecule has 10 nitrogen and oxygen atoms in total. The number of pyridine rings is 1. The number of carbonyl (C=O) groups excluding carboxylic acids is 2. The Morgan fingerprint density at radius 2 is 1.57 bits per heavy atom. The maximum Gasteiger partial charge on any atom is 0.268 e. The lowest BCUT2D eigenvalue weighted by Crippen LogP contribution is -2.48. The molecule has 0 aliphatic rings. The van der Waals surface area contributed by atoms with E-state index in [9.17, 15) is 34.8 Å². The SMILES string of the molecule is O=C(N[C@@H](Cc1ccc(O)cc1)C(=O)NCCc1ccc(O)c(O)c1)c1cc(=O)c2cccc(O)c2[nH]1. The summed E-state index contributed by atoms with van der Waals surface area (Å²) in [6, 6.07) is 15.0. The van der Waals surface area contributed by atoms with Crippen molar-refractivity contribution in [1.82, 2.24) is 15.6 Å². The predicted molar refractivity (Wildman–Crippen MR) is 136 cm³/mol. The summed E-state index contributed by atoms with van der Waals surface area (Å²) < 4.78 is 0. The fraction of sp³-hybridized carbons (Fsp3) is 0.148. The first-order valence-corrected chi connectivity index (χ1v) is 11.4. The molecule has 0 spiro atoms. The number of fused-ring (bicyclic) bond motifs is 1. The van der Waals surface area contributed by atoms with Crippen LogP contribution in [0.4, 0.5) is 0 Å². The van der Waals surface area contributed by atoms with E-state index >= 15 is 0 Å². The highest BCUT2D eigenvalue weighted by Crippen LogP contribution is 2.25. The first-order valence-electron chi connectivity index (χ1n) is 11.4. The summed E-state index contributed by atoms with van der Waals surface area (Å²) in [5.74, 6) is -1.86. The number of aromatic nitrogens is 1. The molecule has 37 heavy (non-hydrogen) atoms. The molecule has 4 aromatic rings. The molecule has 1 aromatic heterocycles. The van der Waals surface area contributed by atoms with Gasteiger partial charge in [-0.1, -0.05) is 24.3 Å². The van der Waals surface area contributed by atoms with Crippen LogP contribution >= 0.6 is 0 Å². The van der Waals surface area contributed by atoms with Crippen LogP contribution in [0, 0.1) is 0 Å². The summed E-state index contributed by atoms with van der Waals surface area (Å²) >= 11 is 0. The molecule has 0 bridgehead atoms. The lowest BCUT2D eigenvalue weighted by atomic mass is 10.0. The zero-order chi connectivity index (χ0) is 26.5. The lowest BCUT2D eigenvalue weighted by Gasteiger charge is -2.19. The number of phenols is 4. The fourth-order valence-electron chi connectivity index (χ4n) is 3.87. The number of hydrogen-bond donors (Lipinski definition) is 7. The summed E-state index contributed by atoms with van der Waals surface area (Å²) in [7, 11) is 0. The van der Waals surface area contributed by atoms with Crippen molar-refractivity contribution in [2.45, 2.75) is 18.9 Å². The van der Waals surface area contributed by atoms with Crippen LogP contribution < -0.4 is 16.1 Å². The molecule has 3 aromatic carbocycles. The van der Waals surface area contributed by atoms with Gasteiger partial charge in [0, 0.05) is 24.4 Å². The Labute approximate surface area is 210 Å².